The molecule has 0 aromatic rings. The van der Waals surface area contributed by atoms with Gasteiger partial charge in [0.2, 0.25) is 0 Å². The Balaban J connectivity index is 2.63. The normalized spacial score (nSPS) is 22.9. The summed E-state index contributed by atoms with van der Waals surface area (Å²) in [5.74, 6) is 0. The van der Waals surface area contributed by atoms with Crippen LogP contribution in [0.1, 0.15) is 78.6 Å². The molecule has 0 amide bonds. The maximum Gasteiger partial charge on any atom is 0.146 e. The van der Waals surface area contributed by atoms with Crippen molar-refractivity contribution in [3.8, 4) is 0 Å². The highest BCUT2D eigenvalue weighted by Crippen LogP contribution is 2.42. The third-order valence-electron chi connectivity index (χ3n) is 4.37. The lowest BCUT2D eigenvalue weighted by molar-refractivity contribution is -0.105. The number of allylic oxidation sites excluding steroid dienone is 4. The Morgan fingerprint density at radius 3 is 2.42 bits per heavy atom. The molecule has 0 fully saturated rings. The van der Waals surface area contributed by atoms with Crippen molar-refractivity contribution in [3.63, 3.8) is 0 Å². The maximum atomic E-state index is 11.3. The van der Waals surface area contributed by atoms with E-state index in [1.165, 1.54) is 50.5 Å². The second-order valence-electron chi connectivity index (χ2n) is 6.22. The molecule has 1 nitrogen and oxygen atoms in total. The Morgan fingerprint density at radius 2 is 1.79 bits per heavy atom. The number of aldehydes is 1. The van der Waals surface area contributed by atoms with Crippen LogP contribution < -0.4 is 0 Å². The summed E-state index contributed by atoms with van der Waals surface area (Å²) in [5.41, 5.74) is 2.63. The molecule has 0 bridgehead atoms. The molecular weight excluding hydrogens is 232 g/mol. The smallest absolute Gasteiger partial charge is 0.146 e. The number of carbonyl (C=O) groups excluding carboxylic acids is 1. The Morgan fingerprint density at radius 1 is 1.11 bits per heavy atom. The first-order chi connectivity index (χ1) is 9.16. The zero-order valence-corrected chi connectivity index (χ0v) is 13.0. The molecule has 0 spiro atoms. The lowest BCUT2D eigenvalue weighted by Crippen LogP contribution is -2.23. The molecular formula is C18H30O. The van der Waals surface area contributed by atoms with Gasteiger partial charge in [-0.15, -0.1) is 0 Å². The van der Waals surface area contributed by atoms with E-state index < -0.39 is 0 Å². The molecule has 0 saturated heterocycles. The Labute approximate surface area is 119 Å². The predicted molar refractivity (Wildman–Crippen MR) is 83.2 cm³/mol. The van der Waals surface area contributed by atoms with Gasteiger partial charge in [0.25, 0.3) is 0 Å². The van der Waals surface area contributed by atoms with Gasteiger partial charge in [0, 0.05) is 0 Å². The SMILES string of the molecule is CCCCCC1=CC=C(C=O)C(C)(CCCCC)C1. The largest absolute Gasteiger partial charge is 0.298 e. The summed E-state index contributed by atoms with van der Waals surface area (Å²) in [6.07, 6.45) is 16.4. The van der Waals surface area contributed by atoms with Crippen molar-refractivity contribution < 1.29 is 4.79 Å². The van der Waals surface area contributed by atoms with Crippen molar-refractivity contribution in [3.05, 3.63) is 23.3 Å². The summed E-state index contributed by atoms with van der Waals surface area (Å²) in [7, 11) is 0. The molecule has 1 heteroatoms. The van der Waals surface area contributed by atoms with E-state index in [9.17, 15) is 4.79 Å². The predicted octanol–water partition coefficient (Wildman–Crippen LogP) is 5.61. The van der Waals surface area contributed by atoms with E-state index in [2.05, 4.69) is 32.9 Å². The molecule has 0 aliphatic heterocycles. The fraction of sp³-hybridized carbons (Fsp3) is 0.722. The number of hydrogen-bond acceptors (Lipinski definition) is 1. The van der Waals surface area contributed by atoms with Crippen LogP contribution >= 0.6 is 0 Å². The molecule has 0 aromatic carbocycles. The van der Waals surface area contributed by atoms with Gasteiger partial charge in [0.05, 0.1) is 0 Å². The summed E-state index contributed by atoms with van der Waals surface area (Å²) >= 11 is 0. The van der Waals surface area contributed by atoms with Crippen LogP contribution in [0, 0.1) is 5.41 Å². The maximum absolute atomic E-state index is 11.3. The summed E-state index contributed by atoms with van der Waals surface area (Å²) in [5, 5.41) is 0. The monoisotopic (exact) mass is 262 g/mol. The van der Waals surface area contributed by atoms with Gasteiger partial charge in [-0.25, -0.2) is 0 Å². The highest BCUT2D eigenvalue weighted by molar-refractivity contribution is 5.76. The zero-order chi connectivity index (χ0) is 14.1. The molecule has 0 N–H and O–H groups in total. The van der Waals surface area contributed by atoms with E-state index in [0.29, 0.717) is 0 Å². The molecule has 1 aliphatic carbocycles. The second-order valence-corrected chi connectivity index (χ2v) is 6.22. The molecule has 1 rings (SSSR count). The van der Waals surface area contributed by atoms with Gasteiger partial charge in [-0.05, 0) is 36.7 Å². The van der Waals surface area contributed by atoms with Crippen molar-refractivity contribution in [2.45, 2.75) is 78.6 Å². The third-order valence-corrected chi connectivity index (χ3v) is 4.37. The van der Waals surface area contributed by atoms with Crippen LogP contribution in [0.25, 0.3) is 0 Å². The minimum Gasteiger partial charge on any atom is -0.298 e. The number of rotatable bonds is 9. The number of unbranched alkanes of at least 4 members (excludes halogenated alkanes) is 4. The summed E-state index contributed by atoms with van der Waals surface area (Å²) < 4.78 is 0. The van der Waals surface area contributed by atoms with Gasteiger partial charge in [-0.3, -0.25) is 4.79 Å². The molecule has 0 aromatic heterocycles. The molecule has 1 aliphatic rings. The molecule has 0 heterocycles. The third kappa shape index (κ3) is 4.97. The van der Waals surface area contributed by atoms with Crippen LogP contribution in [0.15, 0.2) is 23.3 Å². The van der Waals surface area contributed by atoms with Gasteiger partial charge in [0.1, 0.15) is 6.29 Å². The Kier molecular flexibility index (Phi) is 7.12. The zero-order valence-electron chi connectivity index (χ0n) is 13.0. The van der Waals surface area contributed by atoms with E-state index in [1.54, 1.807) is 0 Å². The van der Waals surface area contributed by atoms with Crippen LogP contribution in [0.5, 0.6) is 0 Å². The van der Waals surface area contributed by atoms with Crippen LogP contribution in [-0.2, 0) is 4.79 Å². The van der Waals surface area contributed by atoms with Gasteiger partial charge < -0.3 is 0 Å². The first kappa shape index (κ1) is 16.2. The average Bonchev–Trinajstić information content (AvgIpc) is 2.39. The number of carbonyl (C=O) groups is 1. The first-order valence-corrected chi connectivity index (χ1v) is 8.01. The van der Waals surface area contributed by atoms with Crippen molar-refractivity contribution in [1.82, 2.24) is 0 Å². The highest BCUT2D eigenvalue weighted by atomic mass is 16.1. The van der Waals surface area contributed by atoms with Gasteiger partial charge in [-0.1, -0.05) is 70.6 Å². The molecule has 0 saturated carbocycles. The molecule has 0 radical (unpaired) electrons. The van der Waals surface area contributed by atoms with Crippen molar-refractivity contribution in [2.24, 2.45) is 5.41 Å². The molecule has 108 valence electrons. The average molecular weight is 262 g/mol. The quantitative estimate of drug-likeness (QED) is 0.390. The Hall–Kier alpha value is -0.850. The second kappa shape index (κ2) is 8.35. The lowest BCUT2D eigenvalue weighted by Gasteiger charge is -2.34. The lowest BCUT2D eigenvalue weighted by atomic mass is 9.70. The minimum atomic E-state index is 0.0905. The van der Waals surface area contributed by atoms with Gasteiger partial charge >= 0.3 is 0 Å². The summed E-state index contributed by atoms with van der Waals surface area (Å²) in [6, 6.07) is 0. The fourth-order valence-corrected chi connectivity index (χ4v) is 3.02. The van der Waals surface area contributed by atoms with E-state index >= 15 is 0 Å². The Bertz CT molecular complexity index is 338. The van der Waals surface area contributed by atoms with Crippen LogP contribution in [0.2, 0.25) is 0 Å². The van der Waals surface area contributed by atoms with Crippen molar-refractivity contribution >= 4 is 6.29 Å². The summed E-state index contributed by atoms with van der Waals surface area (Å²) in [4.78, 5) is 11.3. The van der Waals surface area contributed by atoms with Crippen molar-refractivity contribution in [1.29, 1.82) is 0 Å². The van der Waals surface area contributed by atoms with E-state index in [1.807, 2.05) is 0 Å². The van der Waals surface area contributed by atoms with Gasteiger partial charge in [0.15, 0.2) is 0 Å². The molecule has 19 heavy (non-hydrogen) atoms. The standard InChI is InChI=1S/C18H30O/c1-4-6-8-10-16-11-12-17(15-19)18(3,14-16)13-9-7-5-2/h11-12,15H,4-10,13-14H2,1-3H3. The van der Waals surface area contributed by atoms with E-state index in [-0.39, 0.29) is 5.41 Å². The highest BCUT2D eigenvalue weighted by Gasteiger charge is 2.31. The fourth-order valence-electron chi connectivity index (χ4n) is 3.02. The van der Waals surface area contributed by atoms with Crippen LogP contribution in [0.4, 0.5) is 0 Å². The minimum absolute atomic E-state index is 0.0905. The van der Waals surface area contributed by atoms with Crippen LogP contribution in [-0.4, -0.2) is 6.29 Å². The summed E-state index contributed by atoms with van der Waals surface area (Å²) in [6.45, 7) is 6.75. The topological polar surface area (TPSA) is 17.1 Å². The van der Waals surface area contributed by atoms with Crippen molar-refractivity contribution in [2.75, 3.05) is 0 Å². The number of hydrogen-bond donors (Lipinski definition) is 0. The molecule has 1 atom stereocenters. The first-order valence-electron chi connectivity index (χ1n) is 8.01. The van der Waals surface area contributed by atoms with Gasteiger partial charge in [-0.2, -0.15) is 0 Å². The van der Waals surface area contributed by atoms with Crippen LogP contribution in [0.3, 0.4) is 0 Å². The molecule has 1 unspecified atom stereocenters. The van der Waals surface area contributed by atoms with E-state index in [0.717, 1.165) is 24.7 Å². The van der Waals surface area contributed by atoms with E-state index in [4.69, 9.17) is 0 Å².